The Morgan fingerprint density at radius 2 is 2.09 bits per heavy atom. The molecular weight excluding hydrogens is 302 g/mol. The highest BCUT2D eigenvalue weighted by molar-refractivity contribution is 6.30. The van der Waals surface area contributed by atoms with Crippen LogP contribution >= 0.6 is 11.6 Å². The fraction of sp³-hybridized carbons (Fsp3) is 0.176. The van der Waals surface area contributed by atoms with Crippen LogP contribution in [0.15, 0.2) is 41.4 Å². The van der Waals surface area contributed by atoms with Crippen LogP contribution in [-0.4, -0.2) is 23.9 Å². The number of carboxylic acids is 1. The largest absolute Gasteiger partial charge is 0.493 e. The van der Waals surface area contributed by atoms with Crippen LogP contribution < -0.4 is 4.74 Å². The van der Waals surface area contributed by atoms with E-state index in [2.05, 4.69) is 4.99 Å². The smallest absolute Gasteiger partial charge is 0.335 e. The van der Waals surface area contributed by atoms with Crippen molar-refractivity contribution in [1.29, 1.82) is 0 Å². The standard InChI is InChI=1S/C17H16ClNO3/c1-3-22-16-7-5-12(17(20)21)8-13(16)10-19-15-9-14(18)6-4-11(15)2/h4-10H,3H2,1-2H3,(H,20,21). The lowest BCUT2D eigenvalue weighted by atomic mass is 10.1. The average molecular weight is 318 g/mol. The molecule has 2 aromatic rings. The maximum atomic E-state index is 11.1. The van der Waals surface area contributed by atoms with Crippen LogP contribution in [0.2, 0.25) is 5.02 Å². The summed E-state index contributed by atoms with van der Waals surface area (Å²) in [5.74, 6) is -0.396. The van der Waals surface area contributed by atoms with E-state index in [0.717, 1.165) is 11.3 Å². The topological polar surface area (TPSA) is 58.9 Å². The van der Waals surface area contributed by atoms with E-state index in [1.165, 1.54) is 12.1 Å². The predicted octanol–water partition coefficient (Wildman–Crippen LogP) is 4.50. The number of nitrogens with zero attached hydrogens (tertiary/aromatic N) is 1. The maximum absolute atomic E-state index is 11.1. The first-order chi connectivity index (χ1) is 10.5. The number of benzene rings is 2. The van der Waals surface area contributed by atoms with E-state index in [9.17, 15) is 4.79 Å². The van der Waals surface area contributed by atoms with Gasteiger partial charge in [0.25, 0.3) is 0 Å². The number of aryl methyl sites for hydroxylation is 1. The SMILES string of the molecule is CCOc1ccc(C(=O)O)cc1C=Nc1cc(Cl)ccc1C. The van der Waals surface area contributed by atoms with Gasteiger partial charge in [-0.15, -0.1) is 0 Å². The van der Waals surface area contributed by atoms with Crippen molar-refractivity contribution in [3.8, 4) is 5.75 Å². The molecule has 114 valence electrons. The Bertz CT molecular complexity index is 726. The van der Waals surface area contributed by atoms with Gasteiger partial charge in [-0.2, -0.15) is 0 Å². The lowest BCUT2D eigenvalue weighted by Crippen LogP contribution is -2.01. The Morgan fingerprint density at radius 3 is 2.77 bits per heavy atom. The number of aromatic carboxylic acids is 1. The second-order valence-electron chi connectivity index (χ2n) is 4.68. The van der Waals surface area contributed by atoms with Crippen LogP contribution in [0.5, 0.6) is 5.75 Å². The summed E-state index contributed by atoms with van der Waals surface area (Å²) in [6.45, 7) is 4.29. The second kappa shape index (κ2) is 7.09. The van der Waals surface area contributed by atoms with Crippen molar-refractivity contribution in [3.63, 3.8) is 0 Å². The molecule has 0 unspecified atom stereocenters. The number of rotatable bonds is 5. The third kappa shape index (κ3) is 3.86. The van der Waals surface area contributed by atoms with Gasteiger partial charge in [0.05, 0.1) is 17.9 Å². The molecule has 0 radical (unpaired) electrons. The number of hydrogen-bond donors (Lipinski definition) is 1. The van der Waals surface area contributed by atoms with Gasteiger partial charge in [0.2, 0.25) is 0 Å². The van der Waals surface area contributed by atoms with Crippen LogP contribution in [-0.2, 0) is 0 Å². The molecule has 0 aliphatic rings. The normalized spacial score (nSPS) is 10.9. The highest BCUT2D eigenvalue weighted by Gasteiger charge is 2.08. The molecule has 0 saturated carbocycles. The van der Waals surface area contributed by atoms with Gasteiger partial charge < -0.3 is 9.84 Å². The maximum Gasteiger partial charge on any atom is 0.335 e. The summed E-state index contributed by atoms with van der Waals surface area (Å²) < 4.78 is 5.50. The van der Waals surface area contributed by atoms with E-state index in [1.54, 1.807) is 24.4 Å². The van der Waals surface area contributed by atoms with E-state index in [-0.39, 0.29) is 5.56 Å². The zero-order chi connectivity index (χ0) is 16.1. The molecule has 5 heteroatoms. The summed E-state index contributed by atoms with van der Waals surface area (Å²) >= 11 is 5.97. The summed E-state index contributed by atoms with van der Waals surface area (Å²) in [4.78, 5) is 15.5. The molecule has 4 nitrogen and oxygen atoms in total. The molecule has 0 aliphatic heterocycles. The van der Waals surface area contributed by atoms with Gasteiger partial charge in [0, 0.05) is 16.8 Å². The van der Waals surface area contributed by atoms with Gasteiger partial charge in [0.15, 0.2) is 0 Å². The molecule has 0 atom stereocenters. The zero-order valence-electron chi connectivity index (χ0n) is 12.3. The number of halogens is 1. The van der Waals surface area contributed by atoms with Crippen LogP contribution in [0.25, 0.3) is 0 Å². The molecule has 0 saturated heterocycles. The Balaban J connectivity index is 2.41. The third-order valence-corrected chi connectivity index (χ3v) is 3.31. The lowest BCUT2D eigenvalue weighted by Gasteiger charge is -2.08. The molecular formula is C17H16ClNO3. The molecule has 0 aromatic heterocycles. The zero-order valence-corrected chi connectivity index (χ0v) is 13.1. The van der Waals surface area contributed by atoms with Gasteiger partial charge in [-0.3, -0.25) is 4.99 Å². The molecule has 2 aromatic carbocycles. The molecule has 0 spiro atoms. The molecule has 0 heterocycles. The number of ether oxygens (including phenoxy) is 1. The van der Waals surface area contributed by atoms with Crippen LogP contribution in [0, 0.1) is 6.92 Å². The fourth-order valence-corrected chi connectivity index (χ4v) is 2.10. The number of aliphatic imine (C=N–C) groups is 1. The summed E-state index contributed by atoms with van der Waals surface area (Å²) in [5, 5.41) is 9.69. The van der Waals surface area contributed by atoms with Gasteiger partial charge >= 0.3 is 5.97 Å². The Morgan fingerprint density at radius 1 is 1.32 bits per heavy atom. The van der Waals surface area contributed by atoms with Crippen LogP contribution in [0.1, 0.15) is 28.4 Å². The van der Waals surface area contributed by atoms with Crippen molar-refractivity contribution in [2.75, 3.05) is 6.61 Å². The first-order valence-electron chi connectivity index (χ1n) is 6.81. The third-order valence-electron chi connectivity index (χ3n) is 3.07. The summed E-state index contributed by atoms with van der Waals surface area (Å²) in [6, 6.07) is 10.1. The second-order valence-corrected chi connectivity index (χ2v) is 5.12. The molecule has 22 heavy (non-hydrogen) atoms. The number of carboxylic acid groups (broad SMARTS) is 1. The van der Waals surface area contributed by atoms with E-state index in [0.29, 0.717) is 22.9 Å². The molecule has 1 N–H and O–H groups in total. The number of hydrogen-bond acceptors (Lipinski definition) is 3. The summed E-state index contributed by atoms with van der Waals surface area (Å²) in [7, 11) is 0. The summed E-state index contributed by atoms with van der Waals surface area (Å²) in [5.41, 5.74) is 2.51. The molecule has 0 bridgehead atoms. The fourth-order valence-electron chi connectivity index (χ4n) is 1.93. The van der Waals surface area contributed by atoms with E-state index < -0.39 is 5.97 Å². The molecule has 0 fully saturated rings. The van der Waals surface area contributed by atoms with Crippen molar-refractivity contribution < 1.29 is 14.6 Å². The number of carbonyl (C=O) groups is 1. The monoisotopic (exact) mass is 317 g/mol. The Kier molecular flexibility index (Phi) is 5.17. The van der Waals surface area contributed by atoms with Crippen molar-refractivity contribution >= 4 is 29.5 Å². The first-order valence-corrected chi connectivity index (χ1v) is 7.19. The van der Waals surface area contributed by atoms with E-state index >= 15 is 0 Å². The first kappa shape index (κ1) is 16.0. The predicted molar refractivity (Wildman–Crippen MR) is 88.0 cm³/mol. The van der Waals surface area contributed by atoms with Crippen molar-refractivity contribution in [2.24, 2.45) is 4.99 Å². The van der Waals surface area contributed by atoms with Crippen LogP contribution in [0.4, 0.5) is 5.69 Å². The van der Waals surface area contributed by atoms with Gasteiger partial charge in [-0.05, 0) is 49.7 Å². The van der Waals surface area contributed by atoms with Crippen molar-refractivity contribution in [3.05, 3.63) is 58.1 Å². The highest BCUT2D eigenvalue weighted by Crippen LogP contribution is 2.24. The minimum absolute atomic E-state index is 0.188. The lowest BCUT2D eigenvalue weighted by molar-refractivity contribution is 0.0697. The van der Waals surface area contributed by atoms with Crippen molar-refractivity contribution in [1.82, 2.24) is 0 Å². The minimum Gasteiger partial charge on any atom is -0.493 e. The molecule has 2 rings (SSSR count). The van der Waals surface area contributed by atoms with E-state index in [1.807, 2.05) is 19.9 Å². The van der Waals surface area contributed by atoms with Crippen LogP contribution in [0.3, 0.4) is 0 Å². The van der Waals surface area contributed by atoms with Gasteiger partial charge in [-0.25, -0.2) is 4.79 Å². The van der Waals surface area contributed by atoms with E-state index in [4.69, 9.17) is 21.4 Å². The van der Waals surface area contributed by atoms with Gasteiger partial charge in [0.1, 0.15) is 5.75 Å². The summed E-state index contributed by atoms with van der Waals surface area (Å²) in [6.07, 6.45) is 1.59. The highest BCUT2D eigenvalue weighted by atomic mass is 35.5. The Hall–Kier alpha value is -2.33. The molecule has 0 aliphatic carbocycles. The Labute approximate surface area is 134 Å². The quantitative estimate of drug-likeness (QED) is 0.826. The average Bonchev–Trinajstić information content (AvgIpc) is 2.49. The van der Waals surface area contributed by atoms with Crippen molar-refractivity contribution in [2.45, 2.75) is 13.8 Å². The van der Waals surface area contributed by atoms with Gasteiger partial charge in [-0.1, -0.05) is 17.7 Å². The molecule has 0 amide bonds. The minimum atomic E-state index is -0.989.